The third-order valence-electron chi connectivity index (χ3n) is 3.07. The van der Waals surface area contributed by atoms with E-state index in [-0.39, 0.29) is 0 Å². The van der Waals surface area contributed by atoms with Gasteiger partial charge in [-0.05, 0) is 17.7 Å². The van der Waals surface area contributed by atoms with Crippen molar-refractivity contribution in [3.05, 3.63) is 77.2 Å². The molecule has 0 bridgehead atoms. The summed E-state index contributed by atoms with van der Waals surface area (Å²) >= 11 is 6.33. The number of benzene rings is 1. The number of nitro groups is 2. The minimum Gasteiger partial charge on any atom is -0.258 e. The first-order valence-electron chi connectivity index (χ1n) is 5.49. The summed E-state index contributed by atoms with van der Waals surface area (Å²) in [5.41, 5.74) is -1.89. The second kappa shape index (κ2) is 5.45. The van der Waals surface area contributed by atoms with Crippen LogP contribution in [-0.4, -0.2) is 15.5 Å². The second-order valence-corrected chi connectivity index (χ2v) is 6.05. The van der Waals surface area contributed by atoms with E-state index in [1.165, 1.54) is 6.08 Å². The molecule has 0 fully saturated rings. The predicted molar refractivity (Wildman–Crippen MR) is 79.8 cm³/mol. The SMILES string of the molecule is O=[N+]([O-])C1([N+](=O)[O-])C=C(Br)C=CC1c1ccc(Br)cc1. The average Bonchev–Trinajstić information content (AvgIpc) is 2.39. The molecule has 104 valence electrons. The fourth-order valence-electron chi connectivity index (χ4n) is 2.10. The second-order valence-electron chi connectivity index (χ2n) is 4.21. The molecule has 0 radical (unpaired) electrons. The van der Waals surface area contributed by atoms with Crippen molar-refractivity contribution in [2.75, 3.05) is 0 Å². The fourth-order valence-corrected chi connectivity index (χ4v) is 2.85. The summed E-state index contributed by atoms with van der Waals surface area (Å²) in [6, 6.07) is 6.66. The van der Waals surface area contributed by atoms with E-state index in [1.807, 2.05) is 0 Å². The Morgan fingerprint density at radius 2 is 1.60 bits per heavy atom. The van der Waals surface area contributed by atoms with E-state index in [0.717, 1.165) is 10.5 Å². The standard InChI is InChI=1S/C12H8Br2N2O4/c13-9-3-1-8(2-4-9)11-6-5-10(14)7-12(11,15(17)18)16(19)20/h1-7,11H. The van der Waals surface area contributed by atoms with Crippen LogP contribution >= 0.6 is 31.9 Å². The normalized spacial score (nSPS) is 20.3. The van der Waals surface area contributed by atoms with Crippen molar-refractivity contribution in [1.29, 1.82) is 0 Å². The molecule has 1 atom stereocenters. The van der Waals surface area contributed by atoms with Crippen LogP contribution in [0.2, 0.25) is 0 Å². The van der Waals surface area contributed by atoms with Crippen molar-refractivity contribution in [1.82, 2.24) is 0 Å². The van der Waals surface area contributed by atoms with E-state index in [1.54, 1.807) is 30.3 Å². The van der Waals surface area contributed by atoms with Crippen LogP contribution in [0.5, 0.6) is 0 Å². The van der Waals surface area contributed by atoms with Crippen LogP contribution in [0.3, 0.4) is 0 Å². The van der Waals surface area contributed by atoms with Crippen LogP contribution in [0.4, 0.5) is 0 Å². The Morgan fingerprint density at radius 3 is 2.10 bits per heavy atom. The molecule has 1 unspecified atom stereocenters. The molecule has 0 saturated heterocycles. The van der Waals surface area contributed by atoms with Crippen LogP contribution in [0.25, 0.3) is 0 Å². The Hall–Kier alpha value is -1.54. The molecule has 20 heavy (non-hydrogen) atoms. The molecule has 0 spiro atoms. The zero-order valence-electron chi connectivity index (χ0n) is 9.90. The van der Waals surface area contributed by atoms with E-state index in [2.05, 4.69) is 31.9 Å². The zero-order chi connectivity index (χ0) is 14.9. The molecule has 1 aliphatic rings. The van der Waals surface area contributed by atoms with Crippen LogP contribution in [-0.2, 0) is 0 Å². The summed E-state index contributed by atoms with van der Waals surface area (Å²) in [7, 11) is 0. The lowest BCUT2D eigenvalue weighted by Crippen LogP contribution is -2.50. The van der Waals surface area contributed by atoms with Gasteiger partial charge in [0.15, 0.2) is 0 Å². The van der Waals surface area contributed by atoms with Crippen molar-refractivity contribution in [2.24, 2.45) is 0 Å². The lowest BCUT2D eigenvalue weighted by Gasteiger charge is -2.24. The predicted octanol–water partition coefficient (Wildman–Crippen LogP) is 3.63. The lowest BCUT2D eigenvalue weighted by molar-refractivity contribution is -0.783. The summed E-state index contributed by atoms with van der Waals surface area (Å²) < 4.78 is 1.12. The van der Waals surface area contributed by atoms with Gasteiger partial charge in [0.05, 0.1) is 6.08 Å². The summed E-state index contributed by atoms with van der Waals surface area (Å²) in [6.07, 6.45) is 4.08. The van der Waals surface area contributed by atoms with Crippen LogP contribution < -0.4 is 0 Å². The number of halogens is 2. The van der Waals surface area contributed by atoms with Crippen molar-refractivity contribution in [2.45, 2.75) is 11.6 Å². The monoisotopic (exact) mass is 402 g/mol. The molecule has 0 N–H and O–H groups in total. The van der Waals surface area contributed by atoms with E-state index in [9.17, 15) is 20.2 Å². The summed E-state index contributed by atoms with van der Waals surface area (Å²) in [5.74, 6) is -0.970. The van der Waals surface area contributed by atoms with Crippen LogP contribution in [0, 0.1) is 20.2 Å². The minimum atomic E-state index is -2.40. The van der Waals surface area contributed by atoms with Gasteiger partial charge in [0, 0.05) is 8.96 Å². The third kappa shape index (κ3) is 2.40. The van der Waals surface area contributed by atoms with Gasteiger partial charge in [0.1, 0.15) is 15.8 Å². The molecule has 0 heterocycles. The maximum Gasteiger partial charge on any atom is 0.489 e. The van der Waals surface area contributed by atoms with Gasteiger partial charge in [0.25, 0.3) is 0 Å². The maximum atomic E-state index is 11.4. The Kier molecular flexibility index (Phi) is 4.05. The molecule has 8 heteroatoms. The highest BCUT2D eigenvalue weighted by Gasteiger charge is 2.61. The molecule has 0 saturated carbocycles. The fraction of sp³-hybridized carbons (Fsp3) is 0.167. The minimum absolute atomic E-state index is 0.319. The largest absolute Gasteiger partial charge is 0.489 e. The highest BCUT2D eigenvalue weighted by Crippen LogP contribution is 2.39. The first-order valence-corrected chi connectivity index (χ1v) is 7.07. The van der Waals surface area contributed by atoms with Gasteiger partial charge in [-0.15, -0.1) is 0 Å². The van der Waals surface area contributed by atoms with Gasteiger partial charge in [-0.25, -0.2) is 0 Å². The van der Waals surface area contributed by atoms with E-state index in [4.69, 9.17) is 0 Å². The summed E-state index contributed by atoms with van der Waals surface area (Å²) in [4.78, 5) is 21.0. The highest BCUT2D eigenvalue weighted by molar-refractivity contribution is 9.12. The molecule has 0 amide bonds. The lowest BCUT2D eigenvalue weighted by atomic mass is 9.83. The topological polar surface area (TPSA) is 86.3 Å². The van der Waals surface area contributed by atoms with Crippen LogP contribution in [0.1, 0.15) is 11.5 Å². The Morgan fingerprint density at radius 1 is 1.05 bits per heavy atom. The number of hydrogen-bond acceptors (Lipinski definition) is 4. The number of hydrogen-bond donors (Lipinski definition) is 0. The molecular weight excluding hydrogens is 396 g/mol. The zero-order valence-corrected chi connectivity index (χ0v) is 13.1. The van der Waals surface area contributed by atoms with Crippen molar-refractivity contribution in [3.63, 3.8) is 0 Å². The molecule has 1 aliphatic carbocycles. The first kappa shape index (κ1) is 14.9. The van der Waals surface area contributed by atoms with Crippen molar-refractivity contribution >= 4 is 31.9 Å². The van der Waals surface area contributed by atoms with Gasteiger partial charge >= 0.3 is 5.66 Å². The van der Waals surface area contributed by atoms with Gasteiger partial charge in [-0.3, -0.25) is 20.2 Å². The van der Waals surface area contributed by atoms with Gasteiger partial charge < -0.3 is 0 Å². The molecule has 0 aliphatic heterocycles. The third-order valence-corrected chi connectivity index (χ3v) is 4.09. The van der Waals surface area contributed by atoms with E-state index >= 15 is 0 Å². The van der Waals surface area contributed by atoms with E-state index in [0.29, 0.717) is 10.0 Å². The molecule has 1 aromatic carbocycles. The summed E-state index contributed by atoms with van der Waals surface area (Å²) in [5, 5.41) is 22.7. The highest BCUT2D eigenvalue weighted by atomic mass is 79.9. The molecule has 0 aromatic heterocycles. The maximum absolute atomic E-state index is 11.4. The molecule has 2 rings (SSSR count). The number of nitrogens with zero attached hydrogens (tertiary/aromatic N) is 2. The number of allylic oxidation sites excluding steroid dienone is 2. The van der Waals surface area contributed by atoms with Gasteiger partial charge in [0.2, 0.25) is 0 Å². The Bertz CT molecular complexity index is 611. The molecular formula is C12H8Br2N2O4. The smallest absolute Gasteiger partial charge is 0.258 e. The summed E-state index contributed by atoms with van der Waals surface area (Å²) in [6.45, 7) is 0. The molecule has 6 nitrogen and oxygen atoms in total. The average molecular weight is 404 g/mol. The molecule has 1 aromatic rings. The Balaban J connectivity index is 2.60. The van der Waals surface area contributed by atoms with Crippen molar-refractivity contribution < 1.29 is 9.85 Å². The van der Waals surface area contributed by atoms with Crippen molar-refractivity contribution in [3.8, 4) is 0 Å². The quantitative estimate of drug-likeness (QED) is 0.438. The Labute approximate surface area is 130 Å². The van der Waals surface area contributed by atoms with Gasteiger partial charge in [-0.1, -0.05) is 56.1 Å². The van der Waals surface area contributed by atoms with Crippen LogP contribution in [0.15, 0.2) is 51.4 Å². The number of rotatable bonds is 3. The first-order chi connectivity index (χ1) is 9.37. The van der Waals surface area contributed by atoms with Gasteiger partial charge in [-0.2, -0.15) is 0 Å². The van der Waals surface area contributed by atoms with E-state index < -0.39 is 21.4 Å².